The largest absolute Gasteiger partial charge is 0.493 e. The maximum atomic E-state index is 12.8. The number of amides is 2. The molecule has 0 aliphatic heterocycles. The number of furan rings is 1. The van der Waals surface area contributed by atoms with E-state index in [9.17, 15) is 9.59 Å². The smallest absolute Gasteiger partial charge is 0.293 e. The van der Waals surface area contributed by atoms with Crippen LogP contribution in [0.1, 0.15) is 10.6 Å². The molecule has 0 spiro atoms. The zero-order chi connectivity index (χ0) is 19.4. The number of nitrogens with one attached hydrogen (secondary N) is 2. The summed E-state index contributed by atoms with van der Waals surface area (Å²) in [7, 11) is 3.03. The molecule has 0 saturated heterocycles. The molecule has 2 aromatic carbocycles. The number of halogens is 1. The van der Waals surface area contributed by atoms with Crippen molar-refractivity contribution in [2.24, 2.45) is 0 Å². The van der Waals surface area contributed by atoms with Gasteiger partial charge in [0.15, 0.2) is 11.5 Å². The van der Waals surface area contributed by atoms with Crippen molar-refractivity contribution < 1.29 is 23.5 Å². The molecule has 0 atom stereocenters. The summed E-state index contributed by atoms with van der Waals surface area (Å²) in [4.78, 5) is 24.5. The lowest BCUT2D eigenvalue weighted by Gasteiger charge is -2.10. The standard InChI is InChI=1S/C19H17ClN2O5/c1-25-14-8-7-11(9-15(14)26-2)21-19(24)18-17(22-16(23)10-20)12-5-3-4-6-13(12)27-18/h3-9H,10H2,1-2H3,(H,21,24)(H,22,23). The number of carbonyl (C=O) groups is 2. The van der Waals surface area contributed by atoms with Gasteiger partial charge in [0.1, 0.15) is 17.2 Å². The molecule has 0 saturated carbocycles. The summed E-state index contributed by atoms with van der Waals surface area (Å²) < 4.78 is 16.1. The quantitative estimate of drug-likeness (QED) is 0.625. The first-order valence-corrected chi connectivity index (χ1v) is 8.51. The van der Waals surface area contributed by atoms with Gasteiger partial charge in [-0.2, -0.15) is 0 Å². The average molecular weight is 389 g/mol. The molecular weight excluding hydrogens is 372 g/mol. The van der Waals surface area contributed by atoms with Gasteiger partial charge in [0.25, 0.3) is 5.91 Å². The third kappa shape index (κ3) is 3.83. The minimum absolute atomic E-state index is 0.0237. The first-order valence-electron chi connectivity index (χ1n) is 7.98. The number of hydrogen-bond acceptors (Lipinski definition) is 5. The van der Waals surface area contributed by atoms with Crippen LogP contribution in [0.2, 0.25) is 0 Å². The molecule has 1 heterocycles. The van der Waals surface area contributed by atoms with Crippen LogP contribution in [0, 0.1) is 0 Å². The summed E-state index contributed by atoms with van der Waals surface area (Å²) in [6.07, 6.45) is 0. The Morgan fingerprint density at radius 1 is 1.04 bits per heavy atom. The summed E-state index contributed by atoms with van der Waals surface area (Å²) in [6, 6.07) is 12.0. The van der Waals surface area contributed by atoms with E-state index in [2.05, 4.69) is 10.6 Å². The first-order chi connectivity index (χ1) is 13.1. The van der Waals surface area contributed by atoms with Crippen molar-refractivity contribution >= 4 is 45.8 Å². The number of anilines is 2. The number of rotatable bonds is 6. The van der Waals surface area contributed by atoms with Crippen molar-refractivity contribution in [2.45, 2.75) is 0 Å². The zero-order valence-corrected chi connectivity index (χ0v) is 15.4. The van der Waals surface area contributed by atoms with Crippen LogP contribution in [0.25, 0.3) is 11.0 Å². The monoisotopic (exact) mass is 388 g/mol. The SMILES string of the molecule is COc1ccc(NC(=O)c2oc3ccccc3c2NC(=O)CCl)cc1OC. The fourth-order valence-electron chi connectivity index (χ4n) is 2.60. The fourth-order valence-corrected chi connectivity index (χ4v) is 2.67. The van der Waals surface area contributed by atoms with Gasteiger partial charge in [-0.15, -0.1) is 11.6 Å². The van der Waals surface area contributed by atoms with Crippen LogP contribution in [-0.4, -0.2) is 31.9 Å². The van der Waals surface area contributed by atoms with Crippen LogP contribution in [0.3, 0.4) is 0 Å². The molecule has 0 aliphatic carbocycles. The predicted octanol–water partition coefficient (Wildman–Crippen LogP) is 3.88. The lowest BCUT2D eigenvalue weighted by molar-refractivity contribution is -0.113. The molecule has 1 aromatic heterocycles. The normalized spacial score (nSPS) is 10.5. The predicted molar refractivity (Wildman–Crippen MR) is 103 cm³/mol. The number of fused-ring (bicyclic) bond motifs is 1. The van der Waals surface area contributed by atoms with Gasteiger partial charge >= 0.3 is 0 Å². The number of methoxy groups -OCH3 is 2. The second-order valence-electron chi connectivity index (χ2n) is 5.51. The Labute approximate surface area is 160 Å². The molecule has 7 nitrogen and oxygen atoms in total. The van der Waals surface area contributed by atoms with Crippen LogP contribution in [0.5, 0.6) is 11.5 Å². The molecule has 2 N–H and O–H groups in total. The van der Waals surface area contributed by atoms with Crippen LogP contribution in [0.4, 0.5) is 11.4 Å². The molecule has 0 bridgehead atoms. The number of carbonyl (C=O) groups excluding carboxylic acids is 2. The van der Waals surface area contributed by atoms with E-state index < -0.39 is 11.8 Å². The number of hydrogen-bond donors (Lipinski definition) is 2. The lowest BCUT2D eigenvalue weighted by atomic mass is 10.2. The van der Waals surface area contributed by atoms with Crippen LogP contribution in [-0.2, 0) is 4.79 Å². The maximum absolute atomic E-state index is 12.8. The number of benzene rings is 2. The molecule has 3 rings (SSSR count). The molecule has 140 valence electrons. The van der Waals surface area contributed by atoms with Gasteiger partial charge in [0.05, 0.1) is 14.2 Å². The Morgan fingerprint density at radius 2 is 1.78 bits per heavy atom. The summed E-state index contributed by atoms with van der Waals surface area (Å²) >= 11 is 5.57. The summed E-state index contributed by atoms with van der Waals surface area (Å²) in [6.45, 7) is 0. The molecule has 0 radical (unpaired) electrons. The summed E-state index contributed by atoms with van der Waals surface area (Å²) in [5.41, 5.74) is 1.22. The molecule has 0 aliphatic rings. The van der Waals surface area contributed by atoms with Gasteiger partial charge in [-0.3, -0.25) is 9.59 Å². The molecule has 3 aromatic rings. The second-order valence-corrected chi connectivity index (χ2v) is 5.78. The molecule has 0 fully saturated rings. The number of ether oxygens (including phenoxy) is 2. The highest BCUT2D eigenvalue weighted by molar-refractivity contribution is 6.30. The highest BCUT2D eigenvalue weighted by Crippen LogP contribution is 2.33. The van der Waals surface area contributed by atoms with E-state index in [1.807, 2.05) is 0 Å². The number of para-hydroxylation sites is 1. The molecular formula is C19H17ClN2O5. The van der Waals surface area contributed by atoms with Crippen molar-refractivity contribution in [3.8, 4) is 11.5 Å². The molecule has 0 unspecified atom stereocenters. The van der Waals surface area contributed by atoms with Crippen molar-refractivity contribution in [3.63, 3.8) is 0 Å². The third-order valence-corrected chi connectivity index (χ3v) is 4.07. The van der Waals surface area contributed by atoms with E-state index >= 15 is 0 Å². The van der Waals surface area contributed by atoms with Crippen LogP contribution in [0.15, 0.2) is 46.9 Å². The van der Waals surface area contributed by atoms with Crippen molar-refractivity contribution in [1.82, 2.24) is 0 Å². The molecule has 2 amide bonds. The Bertz CT molecular complexity index is 999. The lowest BCUT2D eigenvalue weighted by Crippen LogP contribution is -2.17. The Kier molecular flexibility index (Phi) is 5.52. The first kappa shape index (κ1) is 18.6. The summed E-state index contributed by atoms with van der Waals surface area (Å²) in [5.74, 6) is -0.225. The molecule has 27 heavy (non-hydrogen) atoms. The molecule has 8 heteroatoms. The van der Waals surface area contributed by atoms with Gasteiger partial charge in [-0.05, 0) is 24.3 Å². The van der Waals surface area contributed by atoms with E-state index in [-0.39, 0.29) is 17.3 Å². The van der Waals surface area contributed by atoms with Crippen molar-refractivity contribution in [2.75, 3.05) is 30.7 Å². The Balaban J connectivity index is 1.95. The van der Waals surface area contributed by atoms with Gasteiger partial charge in [-0.1, -0.05) is 12.1 Å². The maximum Gasteiger partial charge on any atom is 0.293 e. The van der Waals surface area contributed by atoms with Gasteiger partial charge in [-0.25, -0.2) is 0 Å². The zero-order valence-electron chi connectivity index (χ0n) is 14.7. The summed E-state index contributed by atoms with van der Waals surface area (Å²) in [5, 5.41) is 5.95. The Morgan fingerprint density at radius 3 is 2.48 bits per heavy atom. The van der Waals surface area contributed by atoms with Gasteiger partial charge < -0.3 is 24.5 Å². The Hall–Kier alpha value is -3.19. The third-order valence-electron chi connectivity index (χ3n) is 3.83. The van der Waals surface area contributed by atoms with Crippen molar-refractivity contribution in [1.29, 1.82) is 0 Å². The van der Waals surface area contributed by atoms with Crippen LogP contribution < -0.4 is 20.1 Å². The highest BCUT2D eigenvalue weighted by atomic mass is 35.5. The van der Waals surface area contributed by atoms with E-state index in [1.54, 1.807) is 42.5 Å². The van der Waals surface area contributed by atoms with Gasteiger partial charge in [0.2, 0.25) is 11.7 Å². The average Bonchev–Trinajstić information content (AvgIpc) is 3.06. The topological polar surface area (TPSA) is 89.8 Å². The minimum atomic E-state index is -0.525. The second kappa shape index (κ2) is 8.01. The van der Waals surface area contributed by atoms with Crippen LogP contribution >= 0.6 is 11.6 Å². The van der Waals surface area contributed by atoms with E-state index in [4.69, 9.17) is 25.5 Å². The van der Waals surface area contributed by atoms with Crippen molar-refractivity contribution in [3.05, 3.63) is 48.2 Å². The van der Waals surface area contributed by atoms with E-state index in [0.717, 1.165) is 0 Å². The fraction of sp³-hybridized carbons (Fsp3) is 0.158. The van der Waals surface area contributed by atoms with E-state index in [1.165, 1.54) is 14.2 Å². The highest BCUT2D eigenvalue weighted by Gasteiger charge is 2.22. The van der Waals surface area contributed by atoms with Gasteiger partial charge in [0, 0.05) is 17.1 Å². The minimum Gasteiger partial charge on any atom is -0.493 e. The number of alkyl halides is 1. The van der Waals surface area contributed by atoms with E-state index in [0.29, 0.717) is 28.2 Å².